The Hall–Kier alpha value is -1.38. The van der Waals surface area contributed by atoms with Gasteiger partial charge in [0.05, 0.1) is 17.3 Å². The molecule has 0 atom stereocenters. The van der Waals surface area contributed by atoms with E-state index in [1.807, 2.05) is 13.0 Å². The Bertz CT molecular complexity index is 406. The first-order valence-corrected chi connectivity index (χ1v) is 4.02. The van der Waals surface area contributed by atoms with Crippen LogP contribution < -0.4 is 0 Å². The molecule has 0 radical (unpaired) electrons. The minimum Gasteiger partial charge on any atom is -0.356 e. The molecular weight excluding hydrogens is 152 g/mol. The van der Waals surface area contributed by atoms with Gasteiger partial charge in [-0.2, -0.15) is 0 Å². The van der Waals surface area contributed by atoms with Crippen molar-refractivity contribution in [1.29, 1.82) is 0 Å². The molecule has 0 bridgehead atoms. The highest BCUT2D eigenvalue weighted by Crippen LogP contribution is 2.17. The van der Waals surface area contributed by atoms with E-state index in [9.17, 15) is 0 Å². The molecule has 0 aliphatic carbocycles. The largest absolute Gasteiger partial charge is 0.356 e. The maximum absolute atomic E-state index is 5.05. The van der Waals surface area contributed by atoms with Gasteiger partial charge in [-0.15, -0.1) is 0 Å². The van der Waals surface area contributed by atoms with Gasteiger partial charge in [-0.1, -0.05) is 12.1 Å². The first kappa shape index (κ1) is 7.28. The predicted octanol–water partition coefficient (Wildman–Crippen LogP) is 2.09. The van der Waals surface area contributed by atoms with Gasteiger partial charge in [0.25, 0.3) is 0 Å². The number of hydrogen-bond acceptors (Lipinski definition) is 3. The fourth-order valence-corrected chi connectivity index (χ4v) is 1.26. The summed E-state index contributed by atoms with van der Waals surface area (Å²) in [5.74, 6) is 0. The van der Waals surface area contributed by atoms with Crippen molar-refractivity contribution < 1.29 is 4.52 Å². The van der Waals surface area contributed by atoms with Crippen LogP contribution in [-0.2, 0) is 6.42 Å². The Kier molecular flexibility index (Phi) is 1.57. The molecule has 62 valence electrons. The van der Waals surface area contributed by atoms with Gasteiger partial charge >= 0.3 is 0 Å². The molecule has 0 spiro atoms. The normalized spacial score (nSPS) is 10.8. The topological polar surface area (TPSA) is 38.9 Å². The van der Waals surface area contributed by atoms with Crippen LogP contribution in [0.25, 0.3) is 11.0 Å². The van der Waals surface area contributed by atoms with Crippen molar-refractivity contribution in [2.24, 2.45) is 0 Å². The summed E-state index contributed by atoms with van der Waals surface area (Å²) in [4.78, 5) is 4.39. The van der Waals surface area contributed by atoms with Gasteiger partial charge in [-0.3, -0.25) is 4.98 Å². The van der Waals surface area contributed by atoms with Gasteiger partial charge in [0, 0.05) is 11.8 Å². The second-order valence-electron chi connectivity index (χ2n) is 2.79. The predicted molar refractivity (Wildman–Crippen MR) is 45.9 cm³/mol. The highest BCUT2D eigenvalue weighted by molar-refractivity contribution is 5.78. The van der Waals surface area contributed by atoms with Crippen LogP contribution in [0.1, 0.15) is 18.3 Å². The van der Waals surface area contributed by atoms with E-state index in [0.29, 0.717) is 0 Å². The summed E-state index contributed by atoms with van der Waals surface area (Å²) < 4.78 is 5.05. The van der Waals surface area contributed by atoms with Crippen LogP contribution in [0.2, 0.25) is 0 Å². The molecule has 0 unspecified atom stereocenters. The SMILES string of the molecule is CCc1cc2oncc2c(C)n1. The smallest absolute Gasteiger partial charge is 0.170 e. The summed E-state index contributed by atoms with van der Waals surface area (Å²) >= 11 is 0. The third-order valence-corrected chi connectivity index (χ3v) is 1.96. The molecular formula is C9H10N2O. The summed E-state index contributed by atoms with van der Waals surface area (Å²) in [5, 5.41) is 4.73. The molecule has 0 aliphatic rings. The lowest BCUT2D eigenvalue weighted by atomic mass is 10.2. The molecule has 2 rings (SSSR count). The lowest BCUT2D eigenvalue weighted by molar-refractivity contribution is 0.456. The zero-order valence-corrected chi connectivity index (χ0v) is 7.16. The van der Waals surface area contributed by atoms with Gasteiger partial charge < -0.3 is 4.52 Å². The lowest BCUT2D eigenvalue weighted by Crippen LogP contribution is -1.89. The van der Waals surface area contributed by atoms with Crippen molar-refractivity contribution in [2.75, 3.05) is 0 Å². The molecule has 0 fully saturated rings. The Morgan fingerprint density at radius 1 is 1.50 bits per heavy atom. The Morgan fingerprint density at radius 3 is 3.08 bits per heavy atom. The minimum atomic E-state index is 0.833. The Morgan fingerprint density at radius 2 is 2.33 bits per heavy atom. The second-order valence-corrected chi connectivity index (χ2v) is 2.79. The number of nitrogens with zero attached hydrogens (tertiary/aromatic N) is 2. The summed E-state index contributed by atoms with van der Waals surface area (Å²) in [7, 11) is 0. The monoisotopic (exact) mass is 162 g/mol. The van der Waals surface area contributed by atoms with Crippen LogP contribution in [0.15, 0.2) is 16.8 Å². The maximum atomic E-state index is 5.05. The third kappa shape index (κ3) is 0.978. The zero-order chi connectivity index (χ0) is 8.55. The number of aromatic nitrogens is 2. The van der Waals surface area contributed by atoms with Gasteiger partial charge in [-0.25, -0.2) is 0 Å². The standard InChI is InChI=1S/C9H10N2O/c1-3-7-4-9-8(5-10-12-9)6(2)11-7/h4-5H,3H2,1-2H3. The highest BCUT2D eigenvalue weighted by Gasteiger charge is 2.04. The molecule has 2 heterocycles. The van der Waals surface area contributed by atoms with Crippen LogP contribution in [0, 0.1) is 6.92 Å². The summed E-state index contributed by atoms with van der Waals surface area (Å²) in [6.45, 7) is 4.04. The molecule has 0 saturated heterocycles. The number of rotatable bonds is 1. The molecule has 0 aliphatic heterocycles. The van der Waals surface area contributed by atoms with E-state index in [-0.39, 0.29) is 0 Å². The van der Waals surface area contributed by atoms with Gasteiger partial charge in [-0.05, 0) is 13.3 Å². The molecule has 0 aromatic carbocycles. The zero-order valence-electron chi connectivity index (χ0n) is 7.16. The quantitative estimate of drug-likeness (QED) is 0.644. The van der Waals surface area contributed by atoms with Crippen LogP contribution in [0.5, 0.6) is 0 Å². The van der Waals surface area contributed by atoms with E-state index in [1.165, 1.54) is 0 Å². The number of aryl methyl sites for hydroxylation is 2. The fourth-order valence-electron chi connectivity index (χ4n) is 1.26. The first-order valence-electron chi connectivity index (χ1n) is 4.02. The van der Waals surface area contributed by atoms with E-state index in [2.05, 4.69) is 17.1 Å². The van der Waals surface area contributed by atoms with Crippen LogP contribution >= 0.6 is 0 Å². The Labute approximate surface area is 70.4 Å². The van der Waals surface area contributed by atoms with Crippen molar-refractivity contribution in [3.05, 3.63) is 23.7 Å². The van der Waals surface area contributed by atoms with Crippen molar-refractivity contribution in [3.8, 4) is 0 Å². The lowest BCUT2D eigenvalue weighted by Gasteiger charge is -1.97. The first-order chi connectivity index (χ1) is 5.81. The Balaban J connectivity index is 2.75. The van der Waals surface area contributed by atoms with E-state index in [4.69, 9.17) is 4.52 Å². The summed E-state index contributed by atoms with van der Waals surface area (Å²) in [6.07, 6.45) is 2.63. The van der Waals surface area contributed by atoms with Crippen molar-refractivity contribution >= 4 is 11.0 Å². The molecule has 2 aromatic heterocycles. The van der Waals surface area contributed by atoms with E-state index < -0.39 is 0 Å². The number of hydrogen-bond donors (Lipinski definition) is 0. The molecule has 0 N–H and O–H groups in total. The molecule has 3 nitrogen and oxygen atoms in total. The van der Waals surface area contributed by atoms with Crippen LogP contribution in [0.3, 0.4) is 0 Å². The van der Waals surface area contributed by atoms with E-state index >= 15 is 0 Å². The molecule has 0 amide bonds. The number of pyridine rings is 1. The van der Waals surface area contributed by atoms with E-state index in [1.54, 1.807) is 6.20 Å². The highest BCUT2D eigenvalue weighted by atomic mass is 16.5. The van der Waals surface area contributed by atoms with Gasteiger partial charge in [0.2, 0.25) is 0 Å². The van der Waals surface area contributed by atoms with Crippen LogP contribution in [-0.4, -0.2) is 10.1 Å². The molecule has 3 heteroatoms. The third-order valence-electron chi connectivity index (χ3n) is 1.96. The minimum absolute atomic E-state index is 0.833. The van der Waals surface area contributed by atoms with Crippen LogP contribution in [0.4, 0.5) is 0 Å². The molecule has 0 saturated carbocycles. The second kappa shape index (κ2) is 2.59. The molecule has 2 aromatic rings. The number of fused-ring (bicyclic) bond motifs is 1. The average molecular weight is 162 g/mol. The maximum Gasteiger partial charge on any atom is 0.170 e. The molecule has 12 heavy (non-hydrogen) atoms. The van der Waals surface area contributed by atoms with Crippen molar-refractivity contribution in [3.63, 3.8) is 0 Å². The van der Waals surface area contributed by atoms with Gasteiger partial charge in [0.15, 0.2) is 5.58 Å². The average Bonchev–Trinajstić information content (AvgIpc) is 2.52. The summed E-state index contributed by atoms with van der Waals surface area (Å²) in [6, 6.07) is 1.94. The summed E-state index contributed by atoms with van der Waals surface area (Å²) in [5.41, 5.74) is 2.88. The van der Waals surface area contributed by atoms with Crippen molar-refractivity contribution in [1.82, 2.24) is 10.1 Å². The van der Waals surface area contributed by atoms with E-state index in [0.717, 1.165) is 28.8 Å². The van der Waals surface area contributed by atoms with Gasteiger partial charge in [0.1, 0.15) is 0 Å². The van der Waals surface area contributed by atoms with Crippen molar-refractivity contribution in [2.45, 2.75) is 20.3 Å². The fraction of sp³-hybridized carbons (Fsp3) is 0.333.